The average Bonchev–Trinajstić information content (AvgIpc) is 2.39. The summed E-state index contributed by atoms with van der Waals surface area (Å²) in [6.07, 6.45) is 14.9. The van der Waals surface area contributed by atoms with Crippen LogP contribution in [0.4, 0.5) is 0 Å². The lowest BCUT2D eigenvalue weighted by atomic mass is 10.0. The van der Waals surface area contributed by atoms with Crippen LogP contribution in [0.15, 0.2) is 11.6 Å². The van der Waals surface area contributed by atoms with Gasteiger partial charge in [0.15, 0.2) is 0 Å². The molecule has 0 aromatic carbocycles. The molecule has 0 amide bonds. The van der Waals surface area contributed by atoms with Crippen molar-refractivity contribution in [2.24, 2.45) is 0 Å². The molecule has 0 saturated carbocycles. The Hall–Kier alpha value is -0.300. The first-order valence-electron chi connectivity index (χ1n) is 7.77. The fourth-order valence-corrected chi connectivity index (χ4v) is 2.54. The van der Waals surface area contributed by atoms with Crippen LogP contribution in [0.3, 0.4) is 0 Å². The van der Waals surface area contributed by atoms with Crippen molar-refractivity contribution in [3.63, 3.8) is 0 Å². The van der Waals surface area contributed by atoms with Gasteiger partial charge in [-0.05, 0) is 51.6 Å². The molecule has 0 aromatic rings. The Bertz CT molecular complexity index is 192. The number of likely N-dealkylation sites (tertiary alicyclic amines) is 1. The first-order chi connectivity index (χ1) is 8.36. The minimum atomic E-state index is 1.21. The van der Waals surface area contributed by atoms with Gasteiger partial charge in [-0.25, -0.2) is 0 Å². The molecule has 1 aliphatic heterocycles. The minimum Gasteiger partial charge on any atom is -0.300 e. The van der Waals surface area contributed by atoms with Gasteiger partial charge < -0.3 is 0 Å². The number of allylic oxidation sites excluding steroid dienone is 1. The lowest BCUT2D eigenvalue weighted by Gasteiger charge is -2.25. The van der Waals surface area contributed by atoms with Crippen LogP contribution in [0.2, 0.25) is 0 Å². The van der Waals surface area contributed by atoms with E-state index in [1.54, 1.807) is 5.57 Å². The van der Waals surface area contributed by atoms with Gasteiger partial charge in [0.05, 0.1) is 0 Å². The Kier molecular flexibility index (Phi) is 8.42. The van der Waals surface area contributed by atoms with E-state index in [0.29, 0.717) is 0 Å². The van der Waals surface area contributed by atoms with Gasteiger partial charge in [-0.15, -0.1) is 0 Å². The van der Waals surface area contributed by atoms with Gasteiger partial charge in [0.2, 0.25) is 0 Å². The fourth-order valence-electron chi connectivity index (χ4n) is 2.54. The highest BCUT2D eigenvalue weighted by molar-refractivity contribution is 5.03. The summed E-state index contributed by atoms with van der Waals surface area (Å²) < 4.78 is 0. The molecule has 1 aliphatic rings. The zero-order chi connectivity index (χ0) is 12.3. The Balaban J connectivity index is 2.31. The first-order valence-corrected chi connectivity index (χ1v) is 7.77. The zero-order valence-electron chi connectivity index (χ0n) is 12.0. The SMILES string of the molecule is CCCCC(=CCN1CCCCC1)CCCC. The summed E-state index contributed by atoms with van der Waals surface area (Å²) in [5, 5.41) is 0. The van der Waals surface area contributed by atoms with Crippen molar-refractivity contribution in [3.05, 3.63) is 11.6 Å². The Morgan fingerprint density at radius 3 is 2.06 bits per heavy atom. The van der Waals surface area contributed by atoms with Gasteiger partial charge >= 0.3 is 0 Å². The Morgan fingerprint density at radius 2 is 1.53 bits per heavy atom. The van der Waals surface area contributed by atoms with Crippen LogP contribution >= 0.6 is 0 Å². The van der Waals surface area contributed by atoms with Gasteiger partial charge in [0, 0.05) is 6.54 Å². The van der Waals surface area contributed by atoms with E-state index in [1.165, 1.54) is 77.4 Å². The van der Waals surface area contributed by atoms with Crippen LogP contribution in [-0.4, -0.2) is 24.5 Å². The van der Waals surface area contributed by atoms with Gasteiger partial charge in [-0.2, -0.15) is 0 Å². The molecule has 1 fully saturated rings. The van der Waals surface area contributed by atoms with E-state index in [4.69, 9.17) is 0 Å². The maximum Gasteiger partial charge on any atom is 0.0165 e. The maximum absolute atomic E-state index is 2.63. The quantitative estimate of drug-likeness (QED) is 0.549. The molecule has 1 heterocycles. The second-order valence-electron chi connectivity index (χ2n) is 5.43. The highest BCUT2D eigenvalue weighted by Gasteiger charge is 2.08. The summed E-state index contributed by atoms with van der Waals surface area (Å²) in [6, 6.07) is 0. The van der Waals surface area contributed by atoms with Crippen molar-refractivity contribution in [2.45, 2.75) is 71.6 Å². The van der Waals surface area contributed by atoms with E-state index in [1.807, 2.05) is 0 Å². The third-order valence-electron chi connectivity index (χ3n) is 3.79. The molecule has 100 valence electrons. The number of rotatable bonds is 8. The van der Waals surface area contributed by atoms with Crippen molar-refractivity contribution in [2.75, 3.05) is 19.6 Å². The van der Waals surface area contributed by atoms with Gasteiger partial charge in [0.1, 0.15) is 0 Å². The first kappa shape index (κ1) is 14.8. The number of hydrogen-bond donors (Lipinski definition) is 0. The summed E-state index contributed by atoms with van der Waals surface area (Å²) in [4.78, 5) is 2.63. The van der Waals surface area contributed by atoms with Crippen LogP contribution in [0.5, 0.6) is 0 Å². The van der Waals surface area contributed by atoms with E-state index >= 15 is 0 Å². The molecular formula is C16H31N. The smallest absolute Gasteiger partial charge is 0.0165 e. The maximum atomic E-state index is 2.63. The topological polar surface area (TPSA) is 3.24 Å². The van der Waals surface area contributed by atoms with E-state index in [0.717, 1.165) is 0 Å². The standard InChI is InChI=1S/C16H31N/c1-3-5-10-16(11-6-4-2)12-15-17-13-8-7-9-14-17/h12H,3-11,13-15H2,1-2H3. The third-order valence-corrected chi connectivity index (χ3v) is 3.79. The fraction of sp³-hybridized carbons (Fsp3) is 0.875. The van der Waals surface area contributed by atoms with E-state index in [-0.39, 0.29) is 0 Å². The lowest BCUT2D eigenvalue weighted by Crippen LogP contribution is -2.29. The molecule has 0 unspecified atom stereocenters. The zero-order valence-corrected chi connectivity index (χ0v) is 12.0. The largest absolute Gasteiger partial charge is 0.300 e. The molecule has 0 aliphatic carbocycles. The van der Waals surface area contributed by atoms with E-state index in [2.05, 4.69) is 24.8 Å². The second kappa shape index (κ2) is 9.70. The number of piperidine rings is 1. The molecule has 1 saturated heterocycles. The van der Waals surface area contributed by atoms with Crippen LogP contribution in [0.25, 0.3) is 0 Å². The molecule has 1 nitrogen and oxygen atoms in total. The van der Waals surface area contributed by atoms with Crippen molar-refractivity contribution in [3.8, 4) is 0 Å². The number of hydrogen-bond acceptors (Lipinski definition) is 1. The summed E-state index contributed by atoms with van der Waals surface area (Å²) in [5.74, 6) is 0. The highest BCUT2D eigenvalue weighted by Crippen LogP contribution is 2.16. The summed E-state index contributed by atoms with van der Waals surface area (Å²) >= 11 is 0. The molecule has 0 spiro atoms. The van der Waals surface area contributed by atoms with E-state index < -0.39 is 0 Å². The minimum absolute atomic E-state index is 1.21. The molecule has 0 bridgehead atoms. The molecular weight excluding hydrogens is 206 g/mol. The summed E-state index contributed by atoms with van der Waals surface area (Å²) in [5.41, 5.74) is 1.72. The number of unbranched alkanes of at least 4 members (excludes halogenated alkanes) is 2. The van der Waals surface area contributed by atoms with Gasteiger partial charge in [-0.1, -0.05) is 44.8 Å². The third kappa shape index (κ3) is 6.88. The molecule has 0 aromatic heterocycles. The average molecular weight is 237 g/mol. The van der Waals surface area contributed by atoms with E-state index in [9.17, 15) is 0 Å². The summed E-state index contributed by atoms with van der Waals surface area (Å²) in [6.45, 7) is 8.45. The molecule has 1 heteroatoms. The van der Waals surface area contributed by atoms with Crippen LogP contribution < -0.4 is 0 Å². The second-order valence-corrected chi connectivity index (χ2v) is 5.43. The summed E-state index contributed by atoms with van der Waals surface area (Å²) in [7, 11) is 0. The highest BCUT2D eigenvalue weighted by atomic mass is 15.1. The molecule has 0 N–H and O–H groups in total. The molecule has 0 radical (unpaired) electrons. The monoisotopic (exact) mass is 237 g/mol. The number of nitrogens with zero attached hydrogens (tertiary/aromatic N) is 1. The lowest BCUT2D eigenvalue weighted by molar-refractivity contribution is 0.251. The Morgan fingerprint density at radius 1 is 0.941 bits per heavy atom. The van der Waals surface area contributed by atoms with Crippen molar-refractivity contribution in [1.29, 1.82) is 0 Å². The van der Waals surface area contributed by atoms with Crippen LogP contribution in [0, 0.1) is 0 Å². The Labute approximate surface area is 108 Å². The predicted molar refractivity (Wildman–Crippen MR) is 77.4 cm³/mol. The molecule has 0 atom stereocenters. The molecule has 1 rings (SSSR count). The van der Waals surface area contributed by atoms with Crippen LogP contribution in [-0.2, 0) is 0 Å². The normalized spacial score (nSPS) is 17.1. The van der Waals surface area contributed by atoms with Crippen molar-refractivity contribution >= 4 is 0 Å². The van der Waals surface area contributed by atoms with Crippen LogP contribution in [0.1, 0.15) is 71.6 Å². The van der Waals surface area contributed by atoms with Crippen molar-refractivity contribution < 1.29 is 0 Å². The van der Waals surface area contributed by atoms with Gasteiger partial charge in [0.25, 0.3) is 0 Å². The van der Waals surface area contributed by atoms with Gasteiger partial charge in [-0.3, -0.25) is 4.90 Å². The van der Waals surface area contributed by atoms with Crippen molar-refractivity contribution in [1.82, 2.24) is 4.90 Å². The molecule has 17 heavy (non-hydrogen) atoms. The predicted octanol–water partition coefficient (Wildman–Crippen LogP) is 4.78.